The van der Waals surface area contributed by atoms with Gasteiger partial charge in [0.25, 0.3) is 0 Å². The number of likely N-dealkylation sites (tertiary alicyclic amines) is 1. The predicted octanol–water partition coefficient (Wildman–Crippen LogP) is 2.97. The van der Waals surface area contributed by atoms with Gasteiger partial charge in [-0.1, -0.05) is 24.3 Å². The molecule has 0 saturated carbocycles. The molecule has 2 saturated heterocycles. The average molecular weight is 408 g/mol. The Hall–Kier alpha value is -2.48. The molecule has 0 spiro atoms. The molecule has 7 heteroatoms. The Balaban J connectivity index is 1.45. The van der Waals surface area contributed by atoms with Gasteiger partial charge in [-0.15, -0.1) is 0 Å². The molecule has 3 heterocycles. The van der Waals surface area contributed by atoms with Crippen molar-refractivity contribution < 1.29 is 9.74 Å². The molecule has 158 valence electrons. The van der Waals surface area contributed by atoms with Gasteiger partial charge in [0.2, 0.25) is 0 Å². The first kappa shape index (κ1) is 19.5. The molecule has 3 aromatic rings. The number of hydrogen-bond acceptors (Lipinski definition) is 7. The molecule has 0 radical (unpaired) electrons. The number of benzene rings is 2. The first-order valence-corrected chi connectivity index (χ1v) is 10.8. The van der Waals surface area contributed by atoms with Crippen LogP contribution in [0.25, 0.3) is 22.2 Å². The van der Waals surface area contributed by atoms with Crippen LogP contribution < -0.4 is 4.90 Å². The summed E-state index contributed by atoms with van der Waals surface area (Å²) >= 11 is 0. The molecule has 1 aromatic heterocycles. The lowest BCUT2D eigenvalue weighted by Crippen LogP contribution is -2.51. The zero-order valence-electron chi connectivity index (χ0n) is 17.7. The summed E-state index contributed by atoms with van der Waals surface area (Å²) in [6.45, 7) is 5.74. The predicted molar refractivity (Wildman–Crippen MR) is 117 cm³/mol. The number of fused-ring (bicyclic) bond motifs is 1. The van der Waals surface area contributed by atoms with Gasteiger partial charge < -0.3 is 14.9 Å². The highest BCUT2D eigenvalue weighted by molar-refractivity contribution is 5.93. The molecule has 1 atom stereocenters. The number of hydrogen-bond donors (Lipinski definition) is 1. The van der Waals surface area contributed by atoms with Crippen LogP contribution in [0.1, 0.15) is 24.6 Å². The van der Waals surface area contributed by atoms with Crippen LogP contribution in [-0.2, 0) is 0 Å². The average Bonchev–Trinajstić information content (AvgIpc) is 3.41. The highest BCUT2D eigenvalue weighted by Gasteiger charge is 2.31. The molecule has 2 aromatic carbocycles. The number of nitrogens with zero attached hydrogens (tertiary/aromatic N) is 5. The van der Waals surface area contributed by atoms with Gasteiger partial charge in [0.1, 0.15) is 11.7 Å². The van der Waals surface area contributed by atoms with Crippen molar-refractivity contribution in [1.29, 1.82) is 0 Å². The minimum absolute atomic E-state index is 0.676. The van der Waals surface area contributed by atoms with Crippen molar-refractivity contribution in [3.05, 3.63) is 42.0 Å². The molecule has 1 N–H and O–H groups in total. The molecule has 2 aliphatic rings. The van der Waals surface area contributed by atoms with Gasteiger partial charge in [-0.25, -0.2) is 4.63 Å². The number of anilines is 1. The van der Waals surface area contributed by atoms with E-state index in [-0.39, 0.29) is 0 Å². The minimum atomic E-state index is -0.676. The van der Waals surface area contributed by atoms with Crippen molar-refractivity contribution in [3.8, 4) is 11.1 Å². The quantitative estimate of drug-likeness (QED) is 0.630. The van der Waals surface area contributed by atoms with Crippen molar-refractivity contribution in [1.82, 2.24) is 20.1 Å². The van der Waals surface area contributed by atoms with Crippen molar-refractivity contribution in [2.45, 2.75) is 19.1 Å². The Bertz CT molecular complexity index is 1020. The van der Waals surface area contributed by atoms with Gasteiger partial charge >= 0.3 is 0 Å². The number of rotatable bonds is 6. The fourth-order valence-corrected chi connectivity index (χ4v) is 4.74. The van der Waals surface area contributed by atoms with Crippen LogP contribution >= 0.6 is 0 Å². The Morgan fingerprint density at radius 2 is 1.90 bits per heavy atom. The molecule has 0 aliphatic carbocycles. The molecule has 0 bridgehead atoms. The molecule has 30 heavy (non-hydrogen) atoms. The van der Waals surface area contributed by atoms with E-state index in [2.05, 4.69) is 26.2 Å². The second-order valence-corrected chi connectivity index (χ2v) is 8.83. The van der Waals surface area contributed by atoms with Gasteiger partial charge in [-0.3, -0.25) is 4.90 Å². The van der Waals surface area contributed by atoms with E-state index >= 15 is 0 Å². The molecule has 0 amide bonds. The summed E-state index contributed by atoms with van der Waals surface area (Å²) in [5, 5.41) is 19.0. The zero-order valence-corrected chi connectivity index (χ0v) is 17.7. The molecule has 2 aliphatic heterocycles. The summed E-state index contributed by atoms with van der Waals surface area (Å²) in [5.74, 6) is 0.699. The number of aromatic nitrogens is 2. The Labute approximate surface area is 176 Å². The second-order valence-electron chi connectivity index (χ2n) is 8.83. The molecule has 2 fully saturated rings. The fourth-order valence-electron chi connectivity index (χ4n) is 4.74. The van der Waals surface area contributed by atoms with Crippen LogP contribution in [-0.4, -0.2) is 72.0 Å². The summed E-state index contributed by atoms with van der Waals surface area (Å²) in [6.07, 6.45) is 1.99. The standard InChI is InChI=1S/C23H29N5O2/c1-26(2)23(29)19-8-4-3-7-18(19)17-11-20-22(25-30-24-20)21(12-17)28-14-16(15-28)13-27-9-5-6-10-27/h3-4,7-8,11-12,16,23,29H,5-6,9-10,13-15H2,1-2H3. The van der Waals surface area contributed by atoms with E-state index in [9.17, 15) is 5.11 Å². The van der Waals surface area contributed by atoms with Gasteiger partial charge in [0.05, 0.1) is 5.69 Å². The summed E-state index contributed by atoms with van der Waals surface area (Å²) in [6, 6.07) is 12.1. The SMILES string of the molecule is CN(C)C(O)c1ccccc1-c1cc(N2CC(CN3CCCC3)C2)c2nonc2c1. The van der Waals surface area contributed by atoms with Crippen LogP contribution in [0.2, 0.25) is 0 Å². The maximum Gasteiger partial charge on any atom is 0.158 e. The van der Waals surface area contributed by atoms with Crippen molar-refractivity contribution in [2.24, 2.45) is 5.92 Å². The summed E-state index contributed by atoms with van der Waals surface area (Å²) in [7, 11) is 3.75. The number of aliphatic hydroxyl groups excluding tert-OH is 1. The van der Waals surface area contributed by atoms with Gasteiger partial charge in [0, 0.05) is 31.1 Å². The van der Waals surface area contributed by atoms with E-state index in [0.29, 0.717) is 5.92 Å². The number of aliphatic hydroxyl groups is 1. The highest BCUT2D eigenvalue weighted by atomic mass is 16.6. The van der Waals surface area contributed by atoms with Gasteiger partial charge in [-0.2, -0.15) is 0 Å². The third-order valence-corrected chi connectivity index (χ3v) is 6.39. The maximum absolute atomic E-state index is 10.7. The Morgan fingerprint density at radius 3 is 2.67 bits per heavy atom. The van der Waals surface area contributed by atoms with E-state index < -0.39 is 6.23 Å². The largest absolute Gasteiger partial charge is 0.374 e. The highest BCUT2D eigenvalue weighted by Crippen LogP contribution is 2.37. The van der Waals surface area contributed by atoms with Crippen LogP contribution in [0.3, 0.4) is 0 Å². The van der Waals surface area contributed by atoms with Crippen molar-refractivity contribution in [3.63, 3.8) is 0 Å². The van der Waals surface area contributed by atoms with Crippen LogP contribution in [0, 0.1) is 5.92 Å². The third-order valence-electron chi connectivity index (χ3n) is 6.39. The maximum atomic E-state index is 10.7. The molecule has 1 unspecified atom stereocenters. The first-order valence-electron chi connectivity index (χ1n) is 10.8. The molecular weight excluding hydrogens is 378 g/mol. The second kappa shape index (κ2) is 7.98. The Kier molecular flexibility index (Phi) is 5.18. The minimum Gasteiger partial charge on any atom is -0.374 e. The van der Waals surface area contributed by atoms with Crippen molar-refractivity contribution >= 4 is 16.7 Å². The normalized spacial score (nSPS) is 19.0. The summed E-state index contributed by atoms with van der Waals surface area (Å²) in [5.41, 5.74) is 5.52. The van der Waals surface area contributed by atoms with Gasteiger partial charge in [0.15, 0.2) is 5.52 Å². The fraction of sp³-hybridized carbons (Fsp3) is 0.478. The van der Waals surface area contributed by atoms with Crippen LogP contribution in [0.15, 0.2) is 41.0 Å². The van der Waals surface area contributed by atoms with Crippen LogP contribution in [0.4, 0.5) is 5.69 Å². The van der Waals surface area contributed by atoms with Crippen LogP contribution in [0.5, 0.6) is 0 Å². The van der Waals surface area contributed by atoms with E-state index in [1.165, 1.54) is 32.5 Å². The topological polar surface area (TPSA) is 68.9 Å². The Morgan fingerprint density at radius 1 is 1.13 bits per heavy atom. The molecular formula is C23H29N5O2. The van der Waals surface area contributed by atoms with Gasteiger partial charge in [-0.05, 0) is 73.6 Å². The summed E-state index contributed by atoms with van der Waals surface area (Å²) < 4.78 is 5.07. The lowest BCUT2D eigenvalue weighted by molar-refractivity contribution is 0.0400. The van der Waals surface area contributed by atoms with E-state index in [4.69, 9.17) is 4.63 Å². The zero-order chi connectivity index (χ0) is 20.7. The smallest absolute Gasteiger partial charge is 0.158 e. The lowest BCUT2D eigenvalue weighted by atomic mass is 9.94. The molecule has 7 nitrogen and oxygen atoms in total. The van der Waals surface area contributed by atoms with Crippen molar-refractivity contribution in [2.75, 3.05) is 51.7 Å². The first-order chi connectivity index (χ1) is 14.6. The monoisotopic (exact) mass is 407 g/mol. The summed E-state index contributed by atoms with van der Waals surface area (Å²) in [4.78, 5) is 6.76. The lowest BCUT2D eigenvalue weighted by Gasteiger charge is -2.42. The van der Waals surface area contributed by atoms with E-state index in [1.54, 1.807) is 4.90 Å². The van der Waals surface area contributed by atoms with E-state index in [0.717, 1.165) is 46.5 Å². The third kappa shape index (κ3) is 3.57. The molecule has 5 rings (SSSR count). The van der Waals surface area contributed by atoms with E-state index in [1.807, 2.05) is 44.4 Å².